The summed E-state index contributed by atoms with van der Waals surface area (Å²) in [7, 11) is 0. The molecular weight excluding hydrogens is 304 g/mol. The SMILES string of the molecule is CC(NCCCC(=O)NC1CC1)c1ccccc1Br. The maximum atomic E-state index is 11.5. The minimum Gasteiger partial charge on any atom is -0.353 e. The number of carbonyl (C=O) groups excluding carboxylic acids is 1. The van der Waals surface area contributed by atoms with Gasteiger partial charge in [0.25, 0.3) is 0 Å². The fraction of sp³-hybridized carbons (Fsp3) is 0.533. The molecule has 1 aliphatic carbocycles. The topological polar surface area (TPSA) is 41.1 Å². The van der Waals surface area contributed by atoms with Crippen molar-refractivity contribution in [2.24, 2.45) is 0 Å². The molecule has 0 aliphatic heterocycles. The second-order valence-electron chi connectivity index (χ2n) is 5.14. The van der Waals surface area contributed by atoms with Crippen molar-refractivity contribution in [1.29, 1.82) is 0 Å². The summed E-state index contributed by atoms with van der Waals surface area (Å²) in [4.78, 5) is 11.5. The maximum Gasteiger partial charge on any atom is 0.220 e. The van der Waals surface area contributed by atoms with Crippen molar-refractivity contribution in [2.75, 3.05) is 6.54 Å². The lowest BCUT2D eigenvalue weighted by Gasteiger charge is -2.15. The predicted molar refractivity (Wildman–Crippen MR) is 81.0 cm³/mol. The van der Waals surface area contributed by atoms with Crippen LogP contribution in [0.2, 0.25) is 0 Å². The minimum absolute atomic E-state index is 0.192. The molecule has 2 N–H and O–H groups in total. The number of hydrogen-bond acceptors (Lipinski definition) is 2. The van der Waals surface area contributed by atoms with Crippen molar-refractivity contribution >= 4 is 21.8 Å². The third-order valence-corrected chi connectivity index (χ3v) is 4.07. The first-order valence-electron chi connectivity index (χ1n) is 6.94. The maximum absolute atomic E-state index is 11.5. The largest absolute Gasteiger partial charge is 0.353 e. The van der Waals surface area contributed by atoms with Gasteiger partial charge >= 0.3 is 0 Å². The predicted octanol–water partition coefficient (Wildman–Crippen LogP) is 3.16. The van der Waals surface area contributed by atoms with Crippen molar-refractivity contribution in [3.63, 3.8) is 0 Å². The molecule has 0 aromatic heterocycles. The van der Waals surface area contributed by atoms with E-state index in [1.807, 2.05) is 12.1 Å². The molecule has 1 amide bonds. The van der Waals surface area contributed by atoms with Crippen molar-refractivity contribution in [2.45, 2.75) is 44.7 Å². The van der Waals surface area contributed by atoms with E-state index in [1.165, 1.54) is 5.56 Å². The molecular formula is C15H21BrN2O. The van der Waals surface area contributed by atoms with Gasteiger partial charge in [0.2, 0.25) is 5.91 Å². The molecule has 1 fully saturated rings. The monoisotopic (exact) mass is 324 g/mol. The van der Waals surface area contributed by atoms with E-state index in [0.717, 1.165) is 30.3 Å². The molecule has 0 radical (unpaired) electrons. The van der Waals surface area contributed by atoms with Crippen molar-refractivity contribution in [1.82, 2.24) is 10.6 Å². The zero-order chi connectivity index (χ0) is 13.7. The Balaban J connectivity index is 1.64. The summed E-state index contributed by atoms with van der Waals surface area (Å²) in [6, 6.07) is 8.99. The molecule has 19 heavy (non-hydrogen) atoms. The van der Waals surface area contributed by atoms with Gasteiger partial charge in [-0.3, -0.25) is 4.79 Å². The van der Waals surface area contributed by atoms with Crippen molar-refractivity contribution in [3.05, 3.63) is 34.3 Å². The van der Waals surface area contributed by atoms with Gasteiger partial charge in [0.15, 0.2) is 0 Å². The number of rotatable bonds is 7. The fourth-order valence-electron chi connectivity index (χ4n) is 2.03. The number of amides is 1. The van der Waals surface area contributed by atoms with Crippen molar-refractivity contribution < 1.29 is 4.79 Å². The van der Waals surface area contributed by atoms with E-state index >= 15 is 0 Å². The van der Waals surface area contributed by atoms with Crippen LogP contribution in [0.4, 0.5) is 0 Å². The van der Waals surface area contributed by atoms with Crippen LogP contribution in [0.15, 0.2) is 28.7 Å². The second kappa shape index (κ2) is 7.06. The van der Waals surface area contributed by atoms with Gasteiger partial charge in [-0.25, -0.2) is 0 Å². The number of hydrogen-bond donors (Lipinski definition) is 2. The van der Waals surface area contributed by atoms with Gasteiger partial charge < -0.3 is 10.6 Å². The first-order chi connectivity index (χ1) is 9.16. The third kappa shape index (κ3) is 4.96. The van der Waals surface area contributed by atoms with E-state index in [2.05, 4.69) is 45.6 Å². The molecule has 0 heterocycles. The Bertz CT molecular complexity index is 432. The van der Waals surface area contributed by atoms with Crippen LogP contribution in [0.5, 0.6) is 0 Å². The molecule has 0 saturated heterocycles. The summed E-state index contributed by atoms with van der Waals surface area (Å²) < 4.78 is 1.13. The molecule has 104 valence electrons. The average Bonchev–Trinajstić information content (AvgIpc) is 3.19. The molecule has 1 aliphatic rings. The number of benzene rings is 1. The summed E-state index contributed by atoms with van der Waals surface area (Å²) in [5.74, 6) is 0.192. The Morgan fingerprint density at radius 1 is 1.42 bits per heavy atom. The van der Waals surface area contributed by atoms with E-state index in [4.69, 9.17) is 0 Å². The Kier molecular flexibility index (Phi) is 5.40. The molecule has 0 bridgehead atoms. The Hall–Kier alpha value is -0.870. The van der Waals surface area contributed by atoms with Gasteiger partial charge in [-0.05, 0) is 44.4 Å². The zero-order valence-corrected chi connectivity index (χ0v) is 12.9. The number of halogens is 1. The van der Waals surface area contributed by atoms with E-state index in [1.54, 1.807) is 0 Å². The quantitative estimate of drug-likeness (QED) is 0.756. The summed E-state index contributed by atoms with van der Waals surface area (Å²) in [5, 5.41) is 6.46. The van der Waals surface area contributed by atoms with Crippen LogP contribution in [0.1, 0.15) is 44.2 Å². The number of carbonyl (C=O) groups is 1. The first kappa shape index (κ1) is 14.5. The standard InChI is InChI=1S/C15H21BrN2O/c1-11(13-5-2-3-6-14(13)16)17-10-4-7-15(19)18-12-8-9-12/h2-3,5-6,11-12,17H,4,7-10H2,1H3,(H,18,19). The summed E-state index contributed by atoms with van der Waals surface area (Å²) in [5.41, 5.74) is 1.25. The lowest BCUT2D eigenvalue weighted by Crippen LogP contribution is -2.27. The van der Waals surface area contributed by atoms with Crippen LogP contribution in [-0.4, -0.2) is 18.5 Å². The van der Waals surface area contributed by atoms with Gasteiger partial charge in [-0.15, -0.1) is 0 Å². The van der Waals surface area contributed by atoms with Gasteiger partial charge in [0.1, 0.15) is 0 Å². The van der Waals surface area contributed by atoms with Crippen LogP contribution in [0.25, 0.3) is 0 Å². The normalized spacial score (nSPS) is 16.1. The minimum atomic E-state index is 0.192. The lowest BCUT2D eigenvalue weighted by atomic mass is 10.1. The highest BCUT2D eigenvalue weighted by atomic mass is 79.9. The molecule has 1 unspecified atom stereocenters. The van der Waals surface area contributed by atoms with Crippen LogP contribution < -0.4 is 10.6 Å². The van der Waals surface area contributed by atoms with Gasteiger partial charge in [0.05, 0.1) is 0 Å². The molecule has 1 saturated carbocycles. The first-order valence-corrected chi connectivity index (χ1v) is 7.73. The fourth-order valence-corrected chi connectivity index (χ4v) is 2.66. The lowest BCUT2D eigenvalue weighted by molar-refractivity contribution is -0.121. The van der Waals surface area contributed by atoms with Crippen molar-refractivity contribution in [3.8, 4) is 0 Å². The molecule has 1 aromatic rings. The number of nitrogens with one attached hydrogen (secondary N) is 2. The zero-order valence-electron chi connectivity index (χ0n) is 11.3. The Morgan fingerprint density at radius 3 is 2.84 bits per heavy atom. The highest BCUT2D eigenvalue weighted by Gasteiger charge is 2.22. The molecule has 0 spiro atoms. The van der Waals surface area contributed by atoms with Crippen LogP contribution in [0, 0.1) is 0 Å². The molecule has 4 heteroatoms. The van der Waals surface area contributed by atoms with E-state index in [0.29, 0.717) is 18.5 Å². The highest BCUT2D eigenvalue weighted by molar-refractivity contribution is 9.10. The van der Waals surface area contributed by atoms with E-state index in [-0.39, 0.29) is 5.91 Å². The molecule has 2 rings (SSSR count). The Morgan fingerprint density at radius 2 is 2.16 bits per heavy atom. The smallest absolute Gasteiger partial charge is 0.220 e. The van der Waals surface area contributed by atoms with E-state index in [9.17, 15) is 4.79 Å². The van der Waals surface area contributed by atoms with Crippen LogP contribution >= 0.6 is 15.9 Å². The summed E-state index contributed by atoms with van der Waals surface area (Å²) in [6.45, 7) is 3.00. The van der Waals surface area contributed by atoms with Crippen LogP contribution in [-0.2, 0) is 4.79 Å². The van der Waals surface area contributed by atoms with Gasteiger partial charge in [-0.1, -0.05) is 34.1 Å². The summed E-state index contributed by atoms with van der Waals surface area (Å²) >= 11 is 3.56. The second-order valence-corrected chi connectivity index (χ2v) is 6.00. The molecule has 1 atom stereocenters. The summed E-state index contributed by atoms with van der Waals surface area (Å²) in [6.07, 6.45) is 3.81. The third-order valence-electron chi connectivity index (χ3n) is 3.35. The Labute approximate surface area is 123 Å². The van der Waals surface area contributed by atoms with E-state index < -0.39 is 0 Å². The average molecular weight is 325 g/mol. The molecule has 1 aromatic carbocycles. The van der Waals surface area contributed by atoms with Crippen LogP contribution in [0.3, 0.4) is 0 Å². The molecule has 3 nitrogen and oxygen atoms in total. The van der Waals surface area contributed by atoms with Gasteiger partial charge in [0, 0.05) is 23.0 Å². The highest BCUT2D eigenvalue weighted by Crippen LogP contribution is 2.22. The van der Waals surface area contributed by atoms with Gasteiger partial charge in [-0.2, -0.15) is 0 Å².